The molecule has 1 aliphatic heterocycles. The molecule has 2 heterocycles. The molecule has 0 bridgehead atoms. The summed E-state index contributed by atoms with van der Waals surface area (Å²) in [6.45, 7) is 16.4. The Morgan fingerprint density at radius 3 is 2.80 bits per heavy atom. The molecule has 1 fully saturated rings. The van der Waals surface area contributed by atoms with Gasteiger partial charge in [-0.3, -0.25) is 4.90 Å². The fourth-order valence-corrected chi connectivity index (χ4v) is 2.88. The Balaban J connectivity index is 2.09. The zero-order valence-corrected chi connectivity index (χ0v) is 13.6. The Morgan fingerprint density at radius 2 is 2.15 bits per heavy atom. The lowest BCUT2D eigenvalue weighted by Gasteiger charge is -2.43. The topological polar surface area (TPSA) is 46.0 Å². The van der Waals surface area contributed by atoms with E-state index in [2.05, 4.69) is 59.6 Å². The predicted octanol–water partition coefficient (Wildman–Crippen LogP) is 1.75. The molecule has 1 aromatic heterocycles. The molecule has 114 valence electrons. The molecule has 0 saturated carbocycles. The van der Waals surface area contributed by atoms with Crippen molar-refractivity contribution in [1.29, 1.82) is 0 Å². The fourth-order valence-electron chi connectivity index (χ4n) is 2.88. The zero-order valence-electron chi connectivity index (χ0n) is 13.6. The van der Waals surface area contributed by atoms with Crippen LogP contribution in [0.2, 0.25) is 0 Å². The van der Waals surface area contributed by atoms with Crippen molar-refractivity contribution in [1.82, 2.24) is 25.0 Å². The number of aromatic nitrogens is 3. The van der Waals surface area contributed by atoms with Crippen LogP contribution in [0.4, 0.5) is 0 Å². The van der Waals surface area contributed by atoms with E-state index in [1.807, 2.05) is 0 Å². The van der Waals surface area contributed by atoms with E-state index in [0.717, 1.165) is 38.5 Å². The summed E-state index contributed by atoms with van der Waals surface area (Å²) in [6.07, 6.45) is 1.69. The summed E-state index contributed by atoms with van der Waals surface area (Å²) in [7, 11) is 0. The molecule has 0 aromatic carbocycles. The first-order valence-electron chi connectivity index (χ1n) is 7.69. The number of nitrogens with one attached hydrogen (secondary N) is 1. The van der Waals surface area contributed by atoms with Crippen molar-refractivity contribution in [3.05, 3.63) is 12.2 Å². The van der Waals surface area contributed by atoms with Gasteiger partial charge in [-0.1, -0.05) is 34.6 Å². The third kappa shape index (κ3) is 3.79. The van der Waals surface area contributed by atoms with E-state index < -0.39 is 0 Å². The maximum atomic E-state index is 4.47. The summed E-state index contributed by atoms with van der Waals surface area (Å²) in [5.74, 6) is 1.69. The highest BCUT2D eigenvalue weighted by molar-refractivity contribution is 4.93. The normalized spacial score (nSPS) is 21.6. The molecule has 0 radical (unpaired) electrons. The number of rotatable bonds is 4. The highest BCUT2D eigenvalue weighted by Crippen LogP contribution is 2.26. The molecule has 1 unspecified atom stereocenters. The highest BCUT2D eigenvalue weighted by Gasteiger charge is 2.32. The molecule has 0 amide bonds. The number of hydrogen-bond acceptors (Lipinski definition) is 4. The second-order valence-corrected chi connectivity index (χ2v) is 7.31. The van der Waals surface area contributed by atoms with E-state index in [0.29, 0.717) is 12.0 Å². The molecule has 5 nitrogen and oxygen atoms in total. The van der Waals surface area contributed by atoms with Crippen molar-refractivity contribution in [2.75, 3.05) is 19.6 Å². The predicted molar refractivity (Wildman–Crippen MR) is 81.4 cm³/mol. The minimum absolute atomic E-state index is 0.274. The van der Waals surface area contributed by atoms with Gasteiger partial charge in [0.1, 0.15) is 12.2 Å². The number of nitrogens with zero attached hydrogens (tertiary/aromatic N) is 4. The lowest BCUT2D eigenvalue weighted by Crippen LogP contribution is -2.56. The molecule has 5 heteroatoms. The van der Waals surface area contributed by atoms with Crippen LogP contribution >= 0.6 is 0 Å². The van der Waals surface area contributed by atoms with Crippen molar-refractivity contribution < 1.29 is 0 Å². The Morgan fingerprint density at radius 1 is 1.40 bits per heavy atom. The third-order valence-corrected chi connectivity index (χ3v) is 3.93. The van der Waals surface area contributed by atoms with Gasteiger partial charge in [-0.25, -0.2) is 9.67 Å². The standard InChI is InChI=1S/C15H29N5/c1-12(2)9-20-14(17-11-18-20)10-19-7-6-16-8-13(19)15(3,4)5/h11-13,16H,6-10H2,1-5H3. The van der Waals surface area contributed by atoms with Crippen LogP contribution in [0, 0.1) is 11.3 Å². The average Bonchev–Trinajstić information content (AvgIpc) is 2.75. The van der Waals surface area contributed by atoms with Gasteiger partial charge in [0.15, 0.2) is 0 Å². The molecule has 0 spiro atoms. The summed E-state index contributed by atoms with van der Waals surface area (Å²) in [6, 6.07) is 0.542. The summed E-state index contributed by atoms with van der Waals surface area (Å²) < 4.78 is 2.06. The monoisotopic (exact) mass is 279 g/mol. The van der Waals surface area contributed by atoms with Gasteiger partial charge < -0.3 is 5.32 Å². The zero-order chi connectivity index (χ0) is 14.8. The van der Waals surface area contributed by atoms with Crippen molar-refractivity contribution in [2.24, 2.45) is 11.3 Å². The molecule has 0 aliphatic carbocycles. The van der Waals surface area contributed by atoms with Crippen molar-refractivity contribution >= 4 is 0 Å². The smallest absolute Gasteiger partial charge is 0.141 e. The minimum atomic E-state index is 0.274. The van der Waals surface area contributed by atoms with Crippen LogP contribution in [0.3, 0.4) is 0 Å². The van der Waals surface area contributed by atoms with Gasteiger partial charge in [0.25, 0.3) is 0 Å². The second kappa shape index (κ2) is 6.22. The molecular formula is C15H29N5. The van der Waals surface area contributed by atoms with E-state index in [1.165, 1.54) is 0 Å². The van der Waals surface area contributed by atoms with Gasteiger partial charge in [0, 0.05) is 32.2 Å². The molecular weight excluding hydrogens is 250 g/mol. The lowest BCUT2D eigenvalue weighted by molar-refractivity contribution is 0.0652. The Bertz CT molecular complexity index is 418. The molecule has 1 atom stereocenters. The first kappa shape index (κ1) is 15.4. The molecule has 20 heavy (non-hydrogen) atoms. The van der Waals surface area contributed by atoms with Crippen LogP contribution in [-0.2, 0) is 13.1 Å². The van der Waals surface area contributed by atoms with Gasteiger partial charge >= 0.3 is 0 Å². The highest BCUT2D eigenvalue weighted by atomic mass is 15.4. The van der Waals surface area contributed by atoms with E-state index in [4.69, 9.17) is 0 Å². The SMILES string of the molecule is CC(C)Cn1ncnc1CN1CCNCC1C(C)(C)C. The van der Waals surface area contributed by atoms with E-state index >= 15 is 0 Å². The summed E-state index contributed by atoms with van der Waals surface area (Å²) in [5, 5.41) is 7.89. The van der Waals surface area contributed by atoms with E-state index in [9.17, 15) is 0 Å². The lowest BCUT2D eigenvalue weighted by atomic mass is 9.84. The van der Waals surface area contributed by atoms with Crippen molar-refractivity contribution in [2.45, 2.75) is 53.8 Å². The van der Waals surface area contributed by atoms with Gasteiger partial charge in [-0.2, -0.15) is 5.10 Å². The van der Waals surface area contributed by atoms with Crippen molar-refractivity contribution in [3.63, 3.8) is 0 Å². The van der Waals surface area contributed by atoms with Crippen LogP contribution in [0.1, 0.15) is 40.4 Å². The van der Waals surface area contributed by atoms with Crippen LogP contribution in [0.15, 0.2) is 6.33 Å². The maximum absolute atomic E-state index is 4.47. The maximum Gasteiger partial charge on any atom is 0.141 e. The van der Waals surface area contributed by atoms with E-state index in [-0.39, 0.29) is 5.41 Å². The third-order valence-electron chi connectivity index (χ3n) is 3.93. The Kier molecular flexibility index (Phi) is 4.81. The quantitative estimate of drug-likeness (QED) is 0.912. The van der Waals surface area contributed by atoms with Crippen LogP contribution < -0.4 is 5.32 Å². The van der Waals surface area contributed by atoms with Gasteiger partial charge in [0.05, 0.1) is 6.54 Å². The molecule has 1 aromatic rings. The van der Waals surface area contributed by atoms with Crippen LogP contribution in [0.5, 0.6) is 0 Å². The molecule has 1 aliphatic rings. The van der Waals surface area contributed by atoms with Crippen LogP contribution in [-0.4, -0.2) is 45.3 Å². The second-order valence-electron chi connectivity index (χ2n) is 7.31. The van der Waals surface area contributed by atoms with Gasteiger partial charge in [-0.15, -0.1) is 0 Å². The van der Waals surface area contributed by atoms with Gasteiger partial charge in [0.2, 0.25) is 0 Å². The molecule has 2 rings (SSSR count). The number of hydrogen-bond donors (Lipinski definition) is 1. The Hall–Kier alpha value is -0.940. The Labute approximate surface area is 122 Å². The summed E-state index contributed by atoms with van der Waals surface area (Å²) in [5.41, 5.74) is 0.274. The first-order valence-corrected chi connectivity index (χ1v) is 7.69. The minimum Gasteiger partial charge on any atom is -0.314 e. The first-order chi connectivity index (χ1) is 9.38. The van der Waals surface area contributed by atoms with Gasteiger partial charge in [-0.05, 0) is 11.3 Å². The molecule has 1 N–H and O–H groups in total. The average molecular weight is 279 g/mol. The molecule has 1 saturated heterocycles. The number of piperazine rings is 1. The van der Waals surface area contributed by atoms with E-state index in [1.54, 1.807) is 6.33 Å². The van der Waals surface area contributed by atoms with Crippen LogP contribution in [0.25, 0.3) is 0 Å². The fraction of sp³-hybridized carbons (Fsp3) is 0.867. The largest absolute Gasteiger partial charge is 0.314 e. The summed E-state index contributed by atoms with van der Waals surface area (Å²) in [4.78, 5) is 7.02. The summed E-state index contributed by atoms with van der Waals surface area (Å²) >= 11 is 0. The van der Waals surface area contributed by atoms with Crippen molar-refractivity contribution in [3.8, 4) is 0 Å².